The van der Waals surface area contributed by atoms with Crippen LogP contribution < -0.4 is 14.8 Å². The molecule has 2 atom stereocenters. The van der Waals surface area contributed by atoms with Crippen molar-refractivity contribution in [1.29, 1.82) is 0 Å². The molecule has 1 aliphatic carbocycles. The highest BCUT2D eigenvalue weighted by molar-refractivity contribution is 5.91. The van der Waals surface area contributed by atoms with E-state index in [1.807, 2.05) is 79.7 Å². The van der Waals surface area contributed by atoms with Crippen LogP contribution in [0.25, 0.3) is 0 Å². The van der Waals surface area contributed by atoms with Crippen LogP contribution in [0, 0.1) is 6.92 Å². The van der Waals surface area contributed by atoms with Crippen molar-refractivity contribution in [3.63, 3.8) is 0 Å². The maximum atomic E-state index is 14.1. The van der Waals surface area contributed by atoms with Crippen molar-refractivity contribution in [3.8, 4) is 11.5 Å². The number of benzene rings is 3. The number of ether oxygens (including phenoxy) is 2. The summed E-state index contributed by atoms with van der Waals surface area (Å²) >= 11 is 0. The van der Waals surface area contributed by atoms with Crippen molar-refractivity contribution in [2.24, 2.45) is 0 Å². The lowest BCUT2D eigenvalue weighted by Crippen LogP contribution is -2.52. The molecule has 37 heavy (non-hydrogen) atoms. The molecule has 3 aromatic carbocycles. The molecule has 1 fully saturated rings. The lowest BCUT2D eigenvalue weighted by atomic mass is 10.00. The fourth-order valence-electron chi connectivity index (χ4n) is 5.16. The number of para-hydroxylation sites is 2. The quantitative estimate of drug-likeness (QED) is 0.474. The lowest BCUT2D eigenvalue weighted by Gasteiger charge is -2.36. The molecule has 1 N–H and O–H groups in total. The van der Waals surface area contributed by atoms with Gasteiger partial charge in [-0.05, 0) is 49.4 Å². The van der Waals surface area contributed by atoms with E-state index in [0.29, 0.717) is 24.5 Å². The van der Waals surface area contributed by atoms with Gasteiger partial charge in [-0.1, -0.05) is 85.1 Å². The number of aryl methyl sites for hydroxylation is 1. The van der Waals surface area contributed by atoms with Gasteiger partial charge in [0, 0.05) is 12.6 Å². The topological polar surface area (TPSA) is 67.9 Å². The lowest BCUT2D eigenvalue weighted by molar-refractivity contribution is -0.148. The Morgan fingerprint density at radius 3 is 2.32 bits per heavy atom. The van der Waals surface area contributed by atoms with E-state index in [2.05, 4.69) is 5.32 Å². The van der Waals surface area contributed by atoms with Gasteiger partial charge < -0.3 is 19.7 Å². The predicted molar refractivity (Wildman–Crippen MR) is 143 cm³/mol. The molecule has 2 aliphatic rings. The summed E-state index contributed by atoms with van der Waals surface area (Å²) in [6.07, 6.45) is 3.96. The number of hydrogen-bond donors (Lipinski definition) is 1. The number of rotatable bonds is 8. The minimum Gasteiger partial charge on any atom is -0.485 e. The minimum absolute atomic E-state index is 0.0997. The summed E-state index contributed by atoms with van der Waals surface area (Å²) in [5, 5.41) is 3.24. The third kappa shape index (κ3) is 5.96. The highest BCUT2D eigenvalue weighted by Crippen LogP contribution is 2.33. The summed E-state index contributed by atoms with van der Waals surface area (Å²) < 4.78 is 12.0. The molecular formula is C31H34N2O4. The van der Waals surface area contributed by atoms with E-state index in [1.165, 1.54) is 0 Å². The second-order valence-corrected chi connectivity index (χ2v) is 9.93. The SMILES string of the molecule is Cc1ccc(C(C(=O)NC2CCCC2)N(CCc2ccccc2)C(=O)C2COc3ccccc3O2)cc1. The number of hydrogen-bond acceptors (Lipinski definition) is 4. The molecule has 2 amide bonds. The average Bonchev–Trinajstić information content (AvgIpc) is 3.44. The molecule has 3 aromatic rings. The van der Waals surface area contributed by atoms with Gasteiger partial charge >= 0.3 is 0 Å². The van der Waals surface area contributed by atoms with Crippen molar-refractivity contribution in [1.82, 2.24) is 10.2 Å². The van der Waals surface area contributed by atoms with E-state index in [1.54, 1.807) is 11.0 Å². The Bertz CT molecular complexity index is 1210. The van der Waals surface area contributed by atoms with Crippen molar-refractivity contribution >= 4 is 11.8 Å². The zero-order valence-corrected chi connectivity index (χ0v) is 21.3. The number of nitrogens with zero attached hydrogens (tertiary/aromatic N) is 1. The Morgan fingerprint density at radius 1 is 0.919 bits per heavy atom. The maximum Gasteiger partial charge on any atom is 0.268 e. The van der Waals surface area contributed by atoms with E-state index >= 15 is 0 Å². The van der Waals surface area contributed by atoms with Gasteiger partial charge in [-0.3, -0.25) is 9.59 Å². The Hall–Kier alpha value is -3.80. The first kappa shape index (κ1) is 24.9. The van der Waals surface area contributed by atoms with Crippen LogP contribution in [0.1, 0.15) is 48.4 Å². The molecule has 0 aromatic heterocycles. The first-order valence-corrected chi connectivity index (χ1v) is 13.2. The van der Waals surface area contributed by atoms with Gasteiger partial charge in [-0.15, -0.1) is 0 Å². The molecule has 6 nitrogen and oxygen atoms in total. The van der Waals surface area contributed by atoms with Crippen LogP contribution >= 0.6 is 0 Å². The van der Waals surface area contributed by atoms with E-state index in [4.69, 9.17) is 9.47 Å². The van der Waals surface area contributed by atoms with Gasteiger partial charge in [0.1, 0.15) is 12.6 Å². The van der Waals surface area contributed by atoms with Crippen molar-refractivity contribution in [2.45, 2.75) is 57.2 Å². The molecule has 1 heterocycles. The van der Waals surface area contributed by atoms with E-state index < -0.39 is 12.1 Å². The summed E-state index contributed by atoms with van der Waals surface area (Å²) in [5.74, 6) is 0.765. The Labute approximate surface area is 218 Å². The minimum atomic E-state index is -0.835. The second kappa shape index (κ2) is 11.5. The molecular weight excluding hydrogens is 464 g/mol. The van der Waals surface area contributed by atoms with E-state index in [0.717, 1.165) is 42.4 Å². The fourth-order valence-corrected chi connectivity index (χ4v) is 5.16. The zero-order chi connectivity index (χ0) is 25.6. The van der Waals surface area contributed by atoms with Crippen molar-refractivity contribution in [2.75, 3.05) is 13.2 Å². The smallest absolute Gasteiger partial charge is 0.268 e. The monoisotopic (exact) mass is 498 g/mol. The summed E-state index contributed by atoms with van der Waals surface area (Å²) in [4.78, 5) is 29.6. The molecule has 1 aliphatic heterocycles. The summed E-state index contributed by atoms with van der Waals surface area (Å²) in [6.45, 7) is 2.49. The standard InChI is InChI=1S/C31H34N2O4/c1-22-15-17-24(18-16-22)29(30(34)32-25-11-5-6-12-25)33(20-19-23-9-3-2-4-10-23)31(35)28-21-36-26-13-7-8-14-27(26)37-28/h2-4,7-10,13-18,25,28-29H,5-6,11-12,19-21H2,1H3,(H,32,34). The number of amides is 2. The third-order valence-corrected chi connectivity index (χ3v) is 7.21. The Balaban J connectivity index is 1.46. The average molecular weight is 499 g/mol. The number of carbonyl (C=O) groups excluding carboxylic acids is 2. The van der Waals surface area contributed by atoms with Crippen molar-refractivity contribution in [3.05, 3.63) is 95.6 Å². The molecule has 1 saturated carbocycles. The van der Waals surface area contributed by atoms with E-state index in [-0.39, 0.29) is 24.5 Å². The Kier molecular flexibility index (Phi) is 7.73. The first-order chi connectivity index (χ1) is 18.1. The van der Waals surface area contributed by atoms with Crippen molar-refractivity contribution < 1.29 is 19.1 Å². The maximum absolute atomic E-state index is 14.1. The van der Waals surface area contributed by atoms with Crippen LogP contribution in [0.4, 0.5) is 0 Å². The van der Waals surface area contributed by atoms with Crippen LogP contribution in [-0.4, -0.2) is 42.0 Å². The molecule has 0 spiro atoms. The normalized spacial score (nSPS) is 17.7. The van der Waals surface area contributed by atoms with Gasteiger partial charge in [0.25, 0.3) is 5.91 Å². The van der Waals surface area contributed by atoms with Crippen LogP contribution in [0.5, 0.6) is 11.5 Å². The second-order valence-electron chi connectivity index (χ2n) is 9.93. The molecule has 0 bridgehead atoms. The molecule has 5 rings (SSSR count). The highest BCUT2D eigenvalue weighted by atomic mass is 16.6. The predicted octanol–water partition coefficient (Wildman–Crippen LogP) is 5.01. The van der Waals surface area contributed by atoms with Crippen LogP contribution in [0.2, 0.25) is 0 Å². The summed E-state index contributed by atoms with van der Waals surface area (Å²) in [5.41, 5.74) is 2.99. The van der Waals surface area contributed by atoms with Crippen LogP contribution in [0.15, 0.2) is 78.9 Å². The summed E-state index contributed by atoms with van der Waals surface area (Å²) in [6, 6.07) is 24.6. The fraction of sp³-hybridized carbons (Fsp3) is 0.355. The largest absolute Gasteiger partial charge is 0.485 e. The molecule has 0 saturated heterocycles. The zero-order valence-electron chi connectivity index (χ0n) is 21.3. The van der Waals surface area contributed by atoms with E-state index in [9.17, 15) is 9.59 Å². The van der Waals surface area contributed by atoms with Gasteiger partial charge in [-0.2, -0.15) is 0 Å². The highest BCUT2D eigenvalue weighted by Gasteiger charge is 2.38. The number of nitrogens with one attached hydrogen (secondary N) is 1. The van der Waals surface area contributed by atoms with Gasteiger partial charge in [0.2, 0.25) is 12.0 Å². The van der Waals surface area contributed by atoms with Crippen LogP contribution in [-0.2, 0) is 16.0 Å². The summed E-state index contributed by atoms with van der Waals surface area (Å²) in [7, 11) is 0. The number of fused-ring (bicyclic) bond motifs is 1. The molecule has 2 unspecified atom stereocenters. The molecule has 192 valence electrons. The first-order valence-electron chi connectivity index (χ1n) is 13.2. The Morgan fingerprint density at radius 2 is 1.59 bits per heavy atom. The van der Waals surface area contributed by atoms with Gasteiger partial charge in [0.05, 0.1) is 0 Å². The molecule has 6 heteroatoms. The van der Waals surface area contributed by atoms with Gasteiger partial charge in [-0.25, -0.2) is 0 Å². The molecule has 0 radical (unpaired) electrons. The third-order valence-electron chi connectivity index (χ3n) is 7.21. The van der Waals surface area contributed by atoms with Gasteiger partial charge in [0.15, 0.2) is 11.5 Å². The van der Waals surface area contributed by atoms with Crippen LogP contribution in [0.3, 0.4) is 0 Å². The number of carbonyl (C=O) groups is 2.